The second-order valence-electron chi connectivity index (χ2n) is 5.59. The van der Waals surface area contributed by atoms with Crippen LogP contribution in [0, 0.1) is 5.82 Å². The lowest BCUT2D eigenvalue weighted by Gasteiger charge is -2.13. The fourth-order valence-electron chi connectivity index (χ4n) is 2.39. The van der Waals surface area contributed by atoms with Crippen molar-refractivity contribution < 1.29 is 18.6 Å². The third-order valence-corrected chi connectivity index (χ3v) is 3.74. The molecular formula is C20H26FNO3. The third kappa shape index (κ3) is 6.36. The number of rotatable bonds is 11. The summed E-state index contributed by atoms with van der Waals surface area (Å²) in [6, 6.07) is 12.4. The Labute approximate surface area is 148 Å². The van der Waals surface area contributed by atoms with Crippen molar-refractivity contribution in [1.82, 2.24) is 5.32 Å². The van der Waals surface area contributed by atoms with Crippen molar-refractivity contribution in [2.45, 2.75) is 26.5 Å². The zero-order valence-corrected chi connectivity index (χ0v) is 14.9. The Morgan fingerprint density at radius 1 is 1.08 bits per heavy atom. The van der Waals surface area contributed by atoms with E-state index < -0.39 is 0 Å². The number of nitrogens with one attached hydrogen (secondary N) is 1. The van der Waals surface area contributed by atoms with Crippen molar-refractivity contribution in [3.63, 3.8) is 0 Å². The fraction of sp³-hybridized carbons (Fsp3) is 0.400. The smallest absolute Gasteiger partial charge is 0.161 e. The van der Waals surface area contributed by atoms with E-state index in [9.17, 15) is 4.39 Å². The molecule has 0 saturated heterocycles. The number of methoxy groups -OCH3 is 1. The normalized spacial score (nSPS) is 10.7. The number of benzene rings is 2. The molecule has 2 rings (SSSR count). The highest BCUT2D eigenvalue weighted by atomic mass is 19.1. The Morgan fingerprint density at radius 2 is 1.92 bits per heavy atom. The molecule has 1 N–H and O–H groups in total. The highest BCUT2D eigenvalue weighted by molar-refractivity contribution is 5.43. The maximum absolute atomic E-state index is 13.7. The molecule has 0 aromatic heterocycles. The summed E-state index contributed by atoms with van der Waals surface area (Å²) in [7, 11) is 1.60. The Bertz CT molecular complexity index is 649. The molecule has 2 aromatic rings. The fourth-order valence-corrected chi connectivity index (χ4v) is 2.39. The predicted octanol–water partition coefficient (Wildman–Crippen LogP) is 3.93. The van der Waals surface area contributed by atoms with E-state index in [0.717, 1.165) is 38.3 Å². The van der Waals surface area contributed by atoms with Gasteiger partial charge in [-0.2, -0.15) is 0 Å². The van der Waals surface area contributed by atoms with Gasteiger partial charge in [-0.3, -0.25) is 0 Å². The van der Waals surface area contributed by atoms with Crippen LogP contribution in [0.25, 0.3) is 0 Å². The van der Waals surface area contributed by atoms with Gasteiger partial charge < -0.3 is 19.5 Å². The Balaban J connectivity index is 1.87. The molecule has 0 heterocycles. The topological polar surface area (TPSA) is 39.7 Å². The molecule has 0 saturated carbocycles. The van der Waals surface area contributed by atoms with Gasteiger partial charge in [-0.1, -0.05) is 24.3 Å². The molecule has 4 nitrogen and oxygen atoms in total. The molecule has 0 radical (unpaired) electrons. The molecule has 25 heavy (non-hydrogen) atoms. The van der Waals surface area contributed by atoms with Gasteiger partial charge in [0.25, 0.3) is 0 Å². The summed E-state index contributed by atoms with van der Waals surface area (Å²) in [6.45, 7) is 5.33. The molecule has 0 bridgehead atoms. The van der Waals surface area contributed by atoms with Gasteiger partial charge in [-0.15, -0.1) is 0 Å². The lowest BCUT2D eigenvalue weighted by atomic mass is 10.2. The van der Waals surface area contributed by atoms with Gasteiger partial charge in [-0.05, 0) is 43.7 Å². The first-order valence-electron chi connectivity index (χ1n) is 8.56. The monoisotopic (exact) mass is 347 g/mol. The molecule has 0 atom stereocenters. The molecular weight excluding hydrogens is 321 g/mol. The SMILES string of the molecule is CCOCCCNCc1ccc(OCc2ccccc2F)c(OC)c1. The van der Waals surface area contributed by atoms with Crippen LogP contribution in [0.4, 0.5) is 4.39 Å². The average molecular weight is 347 g/mol. The second kappa shape index (κ2) is 10.7. The maximum atomic E-state index is 13.7. The predicted molar refractivity (Wildman–Crippen MR) is 96.5 cm³/mol. The standard InChI is InChI=1S/C20H26FNO3/c1-3-24-12-6-11-22-14-16-9-10-19(20(13-16)23-2)25-15-17-7-4-5-8-18(17)21/h4-5,7-10,13,22H,3,6,11-12,14-15H2,1-2H3. The zero-order chi connectivity index (χ0) is 17.9. The van der Waals surface area contributed by atoms with E-state index >= 15 is 0 Å². The van der Waals surface area contributed by atoms with E-state index in [1.807, 2.05) is 25.1 Å². The van der Waals surface area contributed by atoms with Crippen molar-refractivity contribution in [3.8, 4) is 11.5 Å². The van der Waals surface area contributed by atoms with E-state index in [0.29, 0.717) is 17.1 Å². The minimum absolute atomic E-state index is 0.165. The lowest BCUT2D eigenvalue weighted by molar-refractivity contribution is 0.144. The summed E-state index contributed by atoms with van der Waals surface area (Å²) < 4.78 is 30.1. The Morgan fingerprint density at radius 3 is 2.68 bits per heavy atom. The minimum Gasteiger partial charge on any atom is -0.493 e. The van der Waals surface area contributed by atoms with E-state index in [1.165, 1.54) is 6.07 Å². The van der Waals surface area contributed by atoms with Gasteiger partial charge in [0.05, 0.1) is 7.11 Å². The van der Waals surface area contributed by atoms with Gasteiger partial charge in [0, 0.05) is 25.3 Å². The Hall–Kier alpha value is -2.11. The summed E-state index contributed by atoms with van der Waals surface area (Å²) in [5.41, 5.74) is 1.62. The highest BCUT2D eigenvalue weighted by Crippen LogP contribution is 2.29. The van der Waals surface area contributed by atoms with Crippen LogP contribution in [0.2, 0.25) is 0 Å². The van der Waals surface area contributed by atoms with Crippen molar-refractivity contribution in [3.05, 3.63) is 59.4 Å². The van der Waals surface area contributed by atoms with Gasteiger partial charge in [0.1, 0.15) is 12.4 Å². The molecule has 2 aromatic carbocycles. The molecule has 0 fully saturated rings. The molecule has 5 heteroatoms. The van der Waals surface area contributed by atoms with E-state index in [2.05, 4.69) is 5.32 Å². The van der Waals surface area contributed by atoms with E-state index in [1.54, 1.807) is 25.3 Å². The van der Waals surface area contributed by atoms with Gasteiger partial charge in [-0.25, -0.2) is 4.39 Å². The summed E-state index contributed by atoms with van der Waals surface area (Å²) in [4.78, 5) is 0. The number of hydrogen-bond donors (Lipinski definition) is 1. The average Bonchev–Trinajstić information content (AvgIpc) is 2.64. The summed E-state index contributed by atoms with van der Waals surface area (Å²) in [5.74, 6) is 0.977. The molecule has 0 spiro atoms. The van der Waals surface area contributed by atoms with Crippen molar-refractivity contribution in [1.29, 1.82) is 0 Å². The number of hydrogen-bond acceptors (Lipinski definition) is 4. The van der Waals surface area contributed by atoms with Crippen LogP contribution in [0.15, 0.2) is 42.5 Å². The van der Waals surface area contributed by atoms with Crippen molar-refractivity contribution >= 4 is 0 Å². The van der Waals surface area contributed by atoms with Crippen LogP contribution in [-0.4, -0.2) is 26.9 Å². The molecule has 0 aliphatic rings. The third-order valence-electron chi connectivity index (χ3n) is 3.74. The first-order chi connectivity index (χ1) is 12.2. The van der Waals surface area contributed by atoms with E-state index in [4.69, 9.17) is 14.2 Å². The van der Waals surface area contributed by atoms with Gasteiger partial charge in [0.2, 0.25) is 0 Å². The molecule has 0 aliphatic heterocycles. The van der Waals surface area contributed by atoms with Crippen LogP contribution in [0.1, 0.15) is 24.5 Å². The maximum Gasteiger partial charge on any atom is 0.161 e. The van der Waals surface area contributed by atoms with Gasteiger partial charge >= 0.3 is 0 Å². The number of halogens is 1. The van der Waals surface area contributed by atoms with Crippen LogP contribution in [-0.2, 0) is 17.9 Å². The van der Waals surface area contributed by atoms with Crippen molar-refractivity contribution in [2.24, 2.45) is 0 Å². The van der Waals surface area contributed by atoms with Gasteiger partial charge in [0.15, 0.2) is 11.5 Å². The summed E-state index contributed by atoms with van der Waals surface area (Å²) >= 11 is 0. The minimum atomic E-state index is -0.269. The van der Waals surface area contributed by atoms with Crippen LogP contribution < -0.4 is 14.8 Å². The second-order valence-corrected chi connectivity index (χ2v) is 5.59. The molecule has 136 valence electrons. The van der Waals surface area contributed by atoms with Crippen LogP contribution in [0.3, 0.4) is 0 Å². The summed E-state index contributed by atoms with van der Waals surface area (Å²) in [6.07, 6.45) is 0.981. The quantitative estimate of drug-likeness (QED) is 0.625. The Kier molecular flexibility index (Phi) is 8.22. The molecule has 0 amide bonds. The largest absolute Gasteiger partial charge is 0.493 e. The molecule has 0 aliphatic carbocycles. The first-order valence-corrected chi connectivity index (χ1v) is 8.56. The molecule has 0 unspecified atom stereocenters. The van der Waals surface area contributed by atoms with Crippen molar-refractivity contribution in [2.75, 3.05) is 26.9 Å². The first kappa shape index (κ1) is 19.2. The summed E-state index contributed by atoms with van der Waals surface area (Å²) in [5, 5.41) is 3.37. The zero-order valence-electron chi connectivity index (χ0n) is 14.9. The number of ether oxygens (including phenoxy) is 3. The lowest BCUT2D eigenvalue weighted by Crippen LogP contribution is -2.16. The van der Waals surface area contributed by atoms with Crippen LogP contribution in [0.5, 0.6) is 11.5 Å². The highest BCUT2D eigenvalue weighted by Gasteiger charge is 2.08. The van der Waals surface area contributed by atoms with E-state index in [-0.39, 0.29) is 12.4 Å². The van der Waals surface area contributed by atoms with Crippen LogP contribution >= 0.6 is 0 Å².